The molecule has 1 aliphatic rings. The van der Waals surface area contributed by atoms with Crippen molar-refractivity contribution in [3.63, 3.8) is 0 Å². The van der Waals surface area contributed by atoms with Crippen molar-refractivity contribution in [3.8, 4) is 10.6 Å². The number of nitrogens with two attached hydrogens (primary N) is 1. The van der Waals surface area contributed by atoms with Gasteiger partial charge in [-0.15, -0.1) is 11.3 Å². The molecule has 3 rings (SSSR count). The molecule has 0 bridgehead atoms. The maximum Gasteiger partial charge on any atom is 0.141 e. The summed E-state index contributed by atoms with van der Waals surface area (Å²) in [5.41, 5.74) is 7.89. The van der Waals surface area contributed by atoms with E-state index in [1.807, 2.05) is 12.3 Å². The summed E-state index contributed by atoms with van der Waals surface area (Å²) < 4.78 is 5.28. The largest absolute Gasteiger partial charge is 0.379 e. The molecule has 0 unspecified atom stereocenters. The zero-order chi connectivity index (χ0) is 12.6. The number of aryl methyl sites for hydroxylation is 1. The predicted octanol–water partition coefficient (Wildman–Crippen LogP) is 1.74. The van der Waals surface area contributed by atoms with Crippen LogP contribution in [0.25, 0.3) is 10.6 Å². The Balaban J connectivity index is 2.02. The van der Waals surface area contributed by atoms with Crippen LogP contribution in [0, 0.1) is 6.92 Å². The smallest absolute Gasteiger partial charge is 0.141 e. The van der Waals surface area contributed by atoms with Crippen molar-refractivity contribution >= 4 is 11.3 Å². The molecule has 2 N–H and O–H groups in total. The number of ether oxygens (including phenoxy) is 1. The lowest BCUT2D eigenvalue weighted by molar-refractivity contribution is -0.0593. The van der Waals surface area contributed by atoms with Gasteiger partial charge in [0, 0.05) is 12.7 Å². The van der Waals surface area contributed by atoms with Crippen molar-refractivity contribution in [1.29, 1.82) is 0 Å². The van der Waals surface area contributed by atoms with E-state index in [-0.39, 0.29) is 5.41 Å². The monoisotopic (exact) mass is 261 g/mol. The van der Waals surface area contributed by atoms with Gasteiger partial charge in [-0.05, 0) is 30.0 Å². The van der Waals surface area contributed by atoms with Gasteiger partial charge in [0.15, 0.2) is 0 Å². The summed E-state index contributed by atoms with van der Waals surface area (Å²) in [7, 11) is 0. The predicted molar refractivity (Wildman–Crippen MR) is 71.6 cm³/mol. The summed E-state index contributed by atoms with van der Waals surface area (Å²) in [5.74, 6) is 0.807. The number of rotatable bonds is 3. The number of nitrogens with zero attached hydrogens (tertiary/aromatic N) is 2. The molecule has 4 nitrogen and oxygen atoms in total. The number of hydrogen-bond acceptors (Lipinski definition) is 5. The Morgan fingerprint density at radius 1 is 1.44 bits per heavy atom. The van der Waals surface area contributed by atoms with Gasteiger partial charge in [-0.25, -0.2) is 9.97 Å². The molecule has 94 valence electrons. The van der Waals surface area contributed by atoms with Crippen LogP contribution >= 0.6 is 11.3 Å². The molecule has 2 aromatic rings. The van der Waals surface area contributed by atoms with Gasteiger partial charge in [-0.2, -0.15) is 0 Å². The minimum Gasteiger partial charge on any atom is -0.379 e. The van der Waals surface area contributed by atoms with E-state index in [1.54, 1.807) is 11.3 Å². The first-order valence-electron chi connectivity index (χ1n) is 5.91. The first kappa shape index (κ1) is 11.8. The van der Waals surface area contributed by atoms with Crippen LogP contribution in [0.1, 0.15) is 11.4 Å². The van der Waals surface area contributed by atoms with Crippen molar-refractivity contribution in [1.82, 2.24) is 9.97 Å². The fourth-order valence-electron chi connectivity index (χ4n) is 2.06. The van der Waals surface area contributed by atoms with Gasteiger partial charge in [-0.3, -0.25) is 0 Å². The van der Waals surface area contributed by atoms with E-state index in [9.17, 15) is 0 Å². The molecule has 0 spiro atoms. The van der Waals surface area contributed by atoms with Crippen LogP contribution in [-0.2, 0) is 10.2 Å². The highest BCUT2D eigenvalue weighted by Crippen LogP contribution is 2.32. The second-order valence-electron chi connectivity index (χ2n) is 4.68. The van der Waals surface area contributed by atoms with E-state index in [0.717, 1.165) is 11.5 Å². The number of aromatic nitrogens is 2. The third-order valence-electron chi connectivity index (χ3n) is 3.37. The van der Waals surface area contributed by atoms with Gasteiger partial charge in [0.1, 0.15) is 5.82 Å². The van der Waals surface area contributed by atoms with E-state index in [4.69, 9.17) is 10.5 Å². The average Bonchev–Trinajstić information content (AvgIpc) is 2.75. The SMILES string of the molecule is Cc1ccsc1-c1ccnc(C2(CN)COC2)n1. The summed E-state index contributed by atoms with van der Waals surface area (Å²) in [4.78, 5) is 10.3. The highest BCUT2D eigenvalue weighted by Gasteiger charge is 2.42. The van der Waals surface area contributed by atoms with Crippen molar-refractivity contribution in [2.24, 2.45) is 5.73 Å². The molecule has 0 amide bonds. The van der Waals surface area contributed by atoms with E-state index >= 15 is 0 Å². The van der Waals surface area contributed by atoms with Crippen LogP contribution in [0.2, 0.25) is 0 Å². The molecule has 1 aliphatic heterocycles. The lowest BCUT2D eigenvalue weighted by Gasteiger charge is -2.38. The third kappa shape index (κ3) is 1.75. The molecule has 5 heteroatoms. The maximum absolute atomic E-state index is 5.84. The molecule has 1 fully saturated rings. The Hall–Kier alpha value is -1.30. The lowest BCUT2D eigenvalue weighted by Crippen LogP contribution is -2.53. The number of thiophene rings is 1. The molecule has 0 aliphatic carbocycles. The zero-order valence-corrected chi connectivity index (χ0v) is 11.0. The Bertz CT molecular complexity index is 557. The van der Waals surface area contributed by atoms with Gasteiger partial charge >= 0.3 is 0 Å². The quantitative estimate of drug-likeness (QED) is 0.914. The van der Waals surface area contributed by atoms with Gasteiger partial charge in [0.25, 0.3) is 0 Å². The molecule has 18 heavy (non-hydrogen) atoms. The van der Waals surface area contributed by atoms with Crippen LogP contribution in [0.4, 0.5) is 0 Å². The summed E-state index contributed by atoms with van der Waals surface area (Å²) in [6.07, 6.45) is 1.81. The van der Waals surface area contributed by atoms with E-state index < -0.39 is 0 Å². The molecule has 2 aromatic heterocycles. The van der Waals surface area contributed by atoms with Gasteiger partial charge in [-0.1, -0.05) is 0 Å². The van der Waals surface area contributed by atoms with Crippen LogP contribution in [-0.4, -0.2) is 29.7 Å². The molecular weight excluding hydrogens is 246 g/mol. The lowest BCUT2D eigenvalue weighted by atomic mass is 9.85. The van der Waals surface area contributed by atoms with Gasteiger partial charge in [0.2, 0.25) is 0 Å². The molecular formula is C13H15N3OS. The standard InChI is InChI=1S/C13H15N3OS/c1-9-3-5-18-11(9)10-2-4-15-12(16-10)13(6-14)7-17-8-13/h2-5H,6-8,14H2,1H3. The highest BCUT2D eigenvalue weighted by molar-refractivity contribution is 7.13. The Morgan fingerprint density at radius 2 is 2.28 bits per heavy atom. The van der Waals surface area contributed by atoms with Crippen molar-refractivity contribution in [2.75, 3.05) is 19.8 Å². The first-order valence-corrected chi connectivity index (χ1v) is 6.79. The Labute approximate surface area is 110 Å². The van der Waals surface area contributed by atoms with Gasteiger partial charge in [0.05, 0.1) is 29.2 Å². The average molecular weight is 261 g/mol. The molecule has 1 saturated heterocycles. The first-order chi connectivity index (χ1) is 8.75. The molecule has 0 aromatic carbocycles. The Kier molecular flexibility index (Phi) is 2.89. The number of hydrogen-bond donors (Lipinski definition) is 1. The molecule has 0 atom stereocenters. The van der Waals surface area contributed by atoms with Crippen LogP contribution in [0.5, 0.6) is 0 Å². The Morgan fingerprint density at radius 3 is 2.83 bits per heavy atom. The van der Waals surface area contributed by atoms with Crippen molar-refractivity contribution < 1.29 is 4.74 Å². The van der Waals surface area contributed by atoms with Gasteiger partial charge < -0.3 is 10.5 Å². The van der Waals surface area contributed by atoms with E-state index in [0.29, 0.717) is 19.8 Å². The fraction of sp³-hybridized carbons (Fsp3) is 0.385. The fourth-order valence-corrected chi connectivity index (χ4v) is 2.96. The normalized spacial score (nSPS) is 17.4. The van der Waals surface area contributed by atoms with Crippen LogP contribution in [0.3, 0.4) is 0 Å². The highest BCUT2D eigenvalue weighted by atomic mass is 32.1. The molecule has 0 radical (unpaired) electrons. The van der Waals surface area contributed by atoms with Crippen molar-refractivity contribution in [2.45, 2.75) is 12.3 Å². The second-order valence-corrected chi connectivity index (χ2v) is 5.59. The second kappa shape index (κ2) is 4.42. The summed E-state index contributed by atoms with van der Waals surface area (Å²) in [6, 6.07) is 4.05. The summed E-state index contributed by atoms with van der Waals surface area (Å²) in [5, 5.41) is 2.08. The molecule has 0 saturated carbocycles. The summed E-state index contributed by atoms with van der Waals surface area (Å²) >= 11 is 1.70. The zero-order valence-electron chi connectivity index (χ0n) is 10.2. The third-order valence-corrected chi connectivity index (χ3v) is 4.41. The molecule has 3 heterocycles. The summed E-state index contributed by atoms with van der Waals surface area (Å²) in [6.45, 7) is 3.87. The van der Waals surface area contributed by atoms with Crippen molar-refractivity contribution in [3.05, 3.63) is 35.1 Å². The maximum atomic E-state index is 5.84. The minimum absolute atomic E-state index is 0.179. The van der Waals surface area contributed by atoms with Crippen LogP contribution in [0.15, 0.2) is 23.7 Å². The minimum atomic E-state index is -0.179. The van der Waals surface area contributed by atoms with Crippen LogP contribution < -0.4 is 5.73 Å². The van der Waals surface area contributed by atoms with E-state index in [1.165, 1.54) is 10.4 Å². The topological polar surface area (TPSA) is 61.0 Å². The van der Waals surface area contributed by atoms with E-state index in [2.05, 4.69) is 28.3 Å².